The zero-order valence-electron chi connectivity index (χ0n) is 21.6. The van der Waals surface area contributed by atoms with Gasteiger partial charge in [-0.3, -0.25) is 9.69 Å². The number of H-pyrrole nitrogens is 1. The molecule has 4 aromatic rings. The Morgan fingerprint density at radius 3 is 2.35 bits per heavy atom. The van der Waals surface area contributed by atoms with Gasteiger partial charge in [-0.1, -0.05) is 0 Å². The second kappa shape index (κ2) is 10.1. The predicted molar refractivity (Wildman–Crippen MR) is 142 cm³/mol. The molecule has 2 aromatic carbocycles. The average molecular weight is 554 g/mol. The SMILES string of the molecule is CN1[C@@H]2CC[C@H]1CN(c1ccc(NC(=O)c3cnc(-c4c(-c5ccc(F)cc5)ncn4CC(F)(F)F)[nH]3)cc1)C2. The molecule has 2 aliphatic heterocycles. The fraction of sp³-hybridized carbons (Fsp3) is 0.321. The van der Waals surface area contributed by atoms with Gasteiger partial charge in [0.2, 0.25) is 0 Å². The number of alkyl halides is 3. The molecule has 2 bridgehead atoms. The largest absolute Gasteiger partial charge is 0.406 e. The Balaban J connectivity index is 1.20. The maximum absolute atomic E-state index is 13.4. The van der Waals surface area contributed by atoms with E-state index in [1.165, 1.54) is 43.3 Å². The van der Waals surface area contributed by atoms with Gasteiger partial charge in [0.05, 0.1) is 18.2 Å². The number of rotatable bonds is 6. The second-order valence-electron chi connectivity index (χ2n) is 10.3. The molecule has 0 saturated carbocycles. The molecule has 8 nitrogen and oxygen atoms in total. The number of carbonyl (C=O) groups excluding carboxylic acids is 1. The van der Waals surface area contributed by atoms with Gasteiger partial charge in [0.15, 0.2) is 5.82 Å². The Morgan fingerprint density at radius 1 is 1.02 bits per heavy atom. The number of nitrogens with one attached hydrogen (secondary N) is 2. The van der Waals surface area contributed by atoms with Crippen molar-refractivity contribution in [3.8, 4) is 22.8 Å². The van der Waals surface area contributed by atoms with Gasteiger partial charge < -0.3 is 19.8 Å². The van der Waals surface area contributed by atoms with Gasteiger partial charge in [0.1, 0.15) is 23.7 Å². The number of hydrogen-bond donors (Lipinski definition) is 2. The number of halogens is 4. The number of amides is 1. The third-order valence-corrected chi connectivity index (χ3v) is 7.69. The van der Waals surface area contributed by atoms with E-state index in [-0.39, 0.29) is 22.9 Å². The maximum atomic E-state index is 13.4. The van der Waals surface area contributed by atoms with Crippen LogP contribution in [-0.2, 0) is 6.54 Å². The Hall–Kier alpha value is -4.19. The van der Waals surface area contributed by atoms with Crippen LogP contribution in [0.3, 0.4) is 0 Å². The summed E-state index contributed by atoms with van der Waals surface area (Å²) in [5.41, 5.74) is 2.37. The van der Waals surface area contributed by atoms with Crippen molar-refractivity contribution >= 4 is 17.3 Å². The monoisotopic (exact) mass is 553 g/mol. The van der Waals surface area contributed by atoms with Crippen molar-refractivity contribution in [3.63, 3.8) is 0 Å². The molecule has 2 aromatic heterocycles. The molecule has 2 aliphatic rings. The molecule has 12 heteroatoms. The van der Waals surface area contributed by atoms with Crippen LogP contribution in [-0.4, -0.2) is 68.7 Å². The number of benzene rings is 2. The predicted octanol–water partition coefficient (Wildman–Crippen LogP) is 5.18. The topological polar surface area (TPSA) is 82.1 Å². The minimum absolute atomic E-state index is 0.0336. The van der Waals surface area contributed by atoms with Gasteiger partial charge in [-0.15, -0.1) is 0 Å². The molecule has 2 saturated heterocycles. The molecule has 40 heavy (non-hydrogen) atoms. The van der Waals surface area contributed by atoms with Crippen molar-refractivity contribution in [1.82, 2.24) is 24.4 Å². The van der Waals surface area contributed by atoms with E-state index in [9.17, 15) is 22.4 Å². The summed E-state index contributed by atoms with van der Waals surface area (Å²) in [6, 6.07) is 14.0. The number of piperazine rings is 1. The molecule has 2 fully saturated rings. The quantitative estimate of drug-likeness (QED) is 0.322. The van der Waals surface area contributed by atoms with Crippen LogP contribution in [0.5, 0.6) is 0 Å². The summed E-state index contributed by atoms with van der Waals surface area (Å²) in [5, 5.41) is 2.81. The number of aromatic nitrogens is 4. The zero-order valence-corrected chi connectivity index (χ0v) is 21.6. The smallest absolute Gasteiger partial charge is 0.368 e. The molecule has 0 spiro atoms. The molecule has 2 N–H and O–H groups in total. The van der Waals surface area contributed by atoms with Crippen molar-refractivity contribution in [2.45, 2.75) is 37.6 Å². The van der Waals surface area contributed by atoms with Crippen molar-refractivity contribution in [2.24, 2.45) is 0 Å². The standard InChI is InChI=1S/C28H27F4N7O/c1-37-21-10-11-22(37)14-38(13-21)20-8-6-19(7-9-20)35-27(40)23-12-33-26(36-23)25-24(17-2-4-18(29)5-3-17)34-16-39(25)15-28(30,31)32/h2-9,12,16,21-22H,10-11,13-15H2,1H3,(H,33,36)(H,35,40)/t21-,22+. The number of aromatic amines is 1. The highest BCUT2D eigenvalue weighted by Crippen LogP contribution is 2.33. The molecule has 208 valence electrons. The van der Waals surface area contributed by atoms with Crippen LogP contribution in [0.1, 0.15) is 23.3 Å². The third-order valence-electron chi connectivity index (χ3n) is 7.69. The van der Waals surface area contributed by atoms with Gasteiger partial charge in [0.25, 0.3) is 5.91 Å². The van der Waals surface area contributed by atoms with E-state index in [1.807, 2.05) is 24.3 Å². The number of fused-ring (bicyclic) bond motifs is 2. The molecule has 2 atom stereocenters. The van der Waals surface area contributed by atoms with Gasteiger partial charge in [-0.2, -0.15) is 13.2 Å². The Labute approximate surface area is 227 Å². The van der Waals surface area contributed by atoms with E-state index in [1.54, 1.807) is 0 Å². The van der Waals surface area contributed by atoms with E-state index in [0.717, 1.165) is 29.7 Å². The second-order valence-corrected chi connectivity index (χ2v) is 10.3. The number of nitrogens with zero attached hydrogens (tertiary/aromatic N) is 5. The van der Waals surface area contributed by atoms with Gasteiger partial charge in [-0.25, -0.2) is 14.4 Å². The highest BCUT2D eigenvalue weighted by Gasteiger charge is 2.37. The maximum Gasteiger partial charge on any atom is 0.406 e. The van der Waals surface area contributed by atoms with E-state index < -0.39 is 24.4 Å². The van der Waals surface area contributed by atoms with Crippen LogP contribution >= 0.6 is 0 Å². The lowest BCUT2D eigenvalue weighted by Gasteiger charge is -2.40. The first-order valence-electron chi connectivity index (χ1n) is 13.0. The van der Waals surface area contributed by atoms with E-state index in [0.29, 0.717) is 23.3 Å². The van der Waals surface area contributed by atoms with Crippen LogP contribution in [0.4, 0.5) is 28.9 Å². The van der Waals surface area contributed by atoms with Gasteiger partial charge in [-0.05, 0) is 68.4 Å². The number of hydrogen-bond acceptors (Lipinski definition) is 5. The fourth-order valence-corrected chi connectivity index (χ4v) is 5.60. The van der Waals surface area contributed by atoms with Crippen molar-refractivity contribution in [1.29, 1.82) is 0 Å². The summed E-state index contributed by atoms with van der Waals surface area (Å²) < 4.78 is 54.2. The van der Waals surface area contributed by atoms with Crippen molar-refractivity contribution < 1.29 is 22.4 Å². The number of carbonyl (C=O) groups is 1. The van der Waals surface area contributed by atoms with Crippen molar-refractivity contribution in [2.75, 3.05) is 30.4 Å². The summed E-state index contributed by atoms with van der Waals surface area (Å²) in [6.45, 7) is 0.640. The lowest BCUT2D eigenvalue weighted by Crippen LogP contribution is -2.52. The molecule has 0 radical (unpaired) electrons. The summed E-state index contributed by atoms with van der Waals surface area (Å²) in [7, 11) is 2.19. The number of anilines is 2. The first-order valence-corrected chi connectivity index (χ1v) is 13.0. The lowest BCUT2D eigenvalue weighted by atomic mass is 10.1. The molecule has 0 unspecified atom stereocenters. The van der Waals surface area contributed by atoms with Crippen LogP contribution in [0.2, 0.25) is 0 Å². The number of imidazole rings is 2. The average Bonchev–Trinajstić information content (AvgIpc) is 3.59. The van der Waals surface area contributed by atoms with Crippen LogP contribution in [0, 0.1) is 5.82 Å². The number of likely N-dealkylation sites (N-methyl/N-ethyl adjacent to an activating group) is 1. The zero-order chi connectivity index (χ0) is 28.0. The lowest BCUT2D eigenvalue weighted by molar-refractivity contribution is -0.140. The normalized spacial score (nSPS) is 19.3. The molecule has 4 heterocycles. The van der Waals surface area contributed by atoms with Crippen LogP contribution < -0.4 is 10.2 Å². The minimum Gasteiger partial charge on any atom is -0.368 e. The van der Waals surface area contributed by atoms with E-state index in [2.05, 4.69) is 37.1 Å². The molecular formula is C28H27F4N7O. The van der Waals surface area contributed by atoms with E-state index >= 15 is 0 Å². The first kappa shape index (κ1) is 26.1. The summed E-state index contributed by atoms with van der Waals surface area (Å²) >= 11 is 0. The van der Waals surface area contributed by atoms with Gasteiger partial charge in [0, 0.05) is 42.1 Å². The van der Waals surface area contributed by atoms with Crippen molar-refractivity contribution in [3.05, 3.63) is 72.6 Å². The van der Waals surface area contributed by atoms with Crippen LogP contribution in [0.15, 0.2) is 61.1 Å². The molecule has 6 rings (SSSR count). The highest BCUT2D eigenvalue weighted by atomic mass is 19.4. The van der Waals surface area contributed by atoms with E-state index in [4.69, 9.17) is 0 Å². The Bertz CT molecular complexity index is 1500. The molecule has 1 amide bonds. The highest BCUT2D eigenvalue weighted by molar-refractivity contribution is 6.03. The minimum atomic E-state index is -4.52. The molecule has 0 aliphatic carbocycles. The Kier molecular flexibility index (Phi) is 6.57. The first-order chi connectivity index (χ1) is 19.1. The molecular weight excluding hydrogens is 526 g/mol. The van der Waals surface area contributed by atoms with Gasteiger partial charge >= 0.3 is 6.18 Å². The fourth-order valence-electron chi connectivity index (χ4n) is 5.60. The summed E-state index contributed by atoms with van der Waals surface area (Å²) in [6.07, 6.45) is 0.217. The Morgan fingerprint density at radius 2 is 1.70 bits per heavy atom. The summed E-state index contributed by atoms with van der Waals surface area (Å²) in [5.74, 6) is -0.943. The van der Waals surface area contributed by atoms with Crippen LogP contribution in [0.25, 0.3) is 22.8 Å². The third kappa shape index (κ3) is 5.18. The summed E-state index contributed by atoms with van der Waals surface area (Å²) in [4.78, 5) is 29.0.